The van der Waals surface area contributed by atoms with Crippen molar-refractivity contribution in [3.8, 4) is 17.2 Å². The van der Waals surface area contributed by atoms with Crippen molar-refractivity contribution in [2.75, 3.05) is 14.2 Å². The first-order valence-electron chi connectivity index (χ1n) is 9.58. The molecule has 2 aliphatic rings. The number of fused-ring (bicyclic) bond motifs is 2. The summed E-state index contributed by atoms with van der Waals surface area (Å²) >= 11 is 0. The molecule has 2 aromatic carbocycles. The number of hydrogen-bond donors (Lipinski definition) is 0. The van der Waals surface area contributed by atoms with Gasteiger partial charge in [0.15, 0.2) is 17.3 Å². The van der Waals surface area contributed by atoms with Crippen molar-refractivity contribution in [2.24, 2.45) is 0 Å². The molecular weight excluding hydrogens is 404 g/mol. The molecule has 2 aliphatic carbocycles. The Morgan fingerprint density at radius 1 is 0.967 bits per heavy atom. The van der Waals surface area contributed by atoms with E-state index in [9.17, 15) is 13.2 Å². The predicted molar refractivity (Wildman–Crippen MR) is 113 cm³/mol. The van der Waals surface area contributed by atoms with Gasteiger partial charge in [-0.2, -0.15) is 8.42 Å². The summed E-state index contributed by atoms with van der Waals surface area (Å²) in [4.78, 5) is 12.6. The second kappa shape index (κ2) is 7.65. The van der Waals surface area contributed by atoms with Gasteiger partial charge in [0.1, 0.15) is 4.90 Å². The fourth-order valence-corrected chi connectivity index (χ4v) is 4.83. The van der Waals surface area contributed by atoms with Gasteiger partial charge in [0.25, 0.3) is 0 Å². The zero-order valence-corrected chi connectivity index (χ0v) is 17.8. The third-order valence-electron chi connectivity index (χ3n) is 5.36. The van der Waals surface area contributed by atoms with E-state index in [2.05, 4.69) is 0 Å². The highest BCUT2D eigenvalue weighted by atomic mass is 32.2. The van der Waals surface area contributed by atoms with E-state index < -0.39 is 10.1 Å². The van der Waals surface area contributed by atoms with E-state index in [1.807, 2.05) is 19.1 Å². The SMILES string of the molecule is COc1c(OS(=O)(=O)c2ccc(C)cc2)cc2c(c1OC)C1=C(C=CC1)C(=O)CC2. The summed E-state index contributed by atoms with van der Waals surface area (Å²) in [5, 5.41) is 0. The van der Waals surface area contributed by atoms with E-state index >= 15 is 0 Å². The summed E-state index contributed by atoms with van der Waals surface area (Å²) in [5.74, 6) is 0.650. The van der Waals surface area contributed by atoms with Gasteiger partial charge in [0.2, 0.25) is 5.75 Å². The number of aryl methyl sites for hydroxylation is 2. The highest BCUT2D eigenvalue weighted by molar-refractivity contribution is 7.87. The average molecular weight is 426 g/mol. The Balaban J connectivity index is 1.86. The van der Waals surface area contributed by atoms with Crippen LogP contribution >= 0.6 is 0 Å². The third kappa shape index (κ3) is 3.39. The third-order valence-corrected chi connectivity index (χ3v) is 6.60. The molecule has 0 heterocycles. The molecule has 7 heteroatoms. The molecule has 0 aromatic heterocycles. The largest absolute Gasteiger partial charge is 0.492 e. The predicted octanol–water partition coefficient (Wildman–Crippen LogP) is 4.01. The van der Waals surface area contributed by atoms with Gasteiger partial charge in [-0.3, -0.25) is 4.79 Å². The second-order valence-electron chi connectivity index (χ2n) is 7.25. The molecule has 0 radical (unpaired) electrons. The van der Waals surface area contributed by atoms with Gasteiger partial charge >= 0.3 is 10.1 Å². The molecule has 156 valence electrons. The van der Waals surface area contributed by atoms with E-state index in [1.165, 1.54) is 26.4 Å². The molecule has 0 N–H and O–H groups in total. The van der Waals surface area contributed by atoms with Crippen LogP contribution in [-0.2, 0) is 21.3 Å². The van der Waals surface area contributed by atoms with Crippen LogP contribution < -0.4 is 13.7 Å². The van der Waals surface area contributed by atoms with Crippen LogP contribution in [0, 0.1) is 6.92 Å². The minimum atomic E-state index is -4.08. The highest BCUT2D eigenvalue weighted by Crippen LogP contribution is 2.49. The maximum absolute atomic E-state index is 12.9. The number of benzene rings is 2. The highest BCUT2D eigenvalue weighted by Gasteiger charge is 2.31. The van der Waals surface area contributed by atoms with Crippen molar-refractivity contribution in [1.82, 2.24) is 0 Å². The van der Waals surface area contributed by atoms with E-state index in [4.69, 9.17) is 13.7 Å². The first-order valence-corrected chi connectivity index (χ1v) is 11.0. The Kier molecular flexibility index (Phi) is 5.15. The molecule has 6 nitrogen and oxygen atoms in total. The Morgan fingerprint density at radius 2 is 1.67 bits per heavy atom. The van der Waals surface area contributed by atoms with E-state index in [0.29, 0.717) is 30.6 Å². The average Bonchev–Trinajstić information content (AvgIpc) is 3.16. The molecule has 0 amide bonds. The molecule has 2 aromatic rings. The summed E-state index contributed by atoms with van der Waals surface area (Å²) in [6, 6.07) is 8.05. The minimum Gasteiger partial charge on any atom is -0.492 e. The van der Waals surface area contributed by atoms with Gasteiger partial charge in [-0.25, -0.2) is 0 Å². The Labute approximate surface area is 175 Å². The topological polar surface area (TPSA) is 78.9 Å². The fourth-order valence-electron chi connectivity index (χ4n) is 3.90. The number of allylic oxidation sites excluding steroid dienone is 4. The summed E-state index contributed by atoms with van der Waals surface area (Å²) in [5.41, 5.74) is 4.06. The van der Waals surface area contributed by atoms with Crippen molar-refractivity contribution < 1.29 is 26.9 Å². The van der Waals surface area contributed by atoms with Crippen LogP contribution in [0.5, 0.6) is 17.2 Å². The van der Waals surface area contributed by atoms with Gasteiger partial charge < -0.3 is 13.7 Å². The van der Waals surface area contributed by atoms with Gasteiger partial charge in [-0.15, -0.1) is 0 Å². The standard InChI is InChI=1S/C23H22O6S/c1-14-7-10-16(11-8-14)30(25,26)29-20-13-15-9-12-19(24)17-5-4-6-18(17)21(15)23(28-3)22(20)27-2/h4-5,7-8,10-11,13H,6,9,12H2,1-3H3. The van der Waals surface area contributed by atoms with Crippen LogP contribution in [0.15, 0.2) is 53.0 Å². The van der Waals surface area contributed by atoms with E-state index in [0.717, 1.165) is 22.3 Å². The van der Waals surface area contributed by atoms with Crippen molar-refractivity contribution in [3.05, 3.63) is 64.7 Å². The van der Waals surface area contributed by atoms with Gasteiger partial charge in [-0.05, 0) is 49.1 Å². The van der Waals surface area contributed by atoms with Crippen LogP contribution in [0.25, 0.3) is 5.57 Å². The van der Waals surface area contributed by atoms with Crippen molar-refractivity contribution >= 4 is 21.5 Å². The smallest absolute Gasteiger partial charge is 0.339 e. The summed E-state index contributed by atoms with van der Waals surface area (Å²) < 4.78 is 42.4. The van der Waals surface area contributed by atoms with Crippen LogP contribution in [-0.4, -0.2) is 28.4 Å². The van der Waals surface area contributed by atoms with Crippen LogP contribution in [0.3, 0.4) is 0 Å². The maximum atomic E-state index is 12.9. The molecule has 0 fully saturated rings. The van der Waals surface area contributed by atoms with Crippen molar-refractivity contribution in [1.29, 1.82) is 0 Å². The first kappa shape index (κ1) is 20.2. The monoisotopic (exact) mass is 426 g/mol. The number of rotatable bonds is 5. The second-order valence-corrected chi connectivity index (χ2v) is 8.79. The fraction of sp³-hybridized carbons (Fsp3) is 0.261. The van der Waals surface area contributed by atoms with Crippen LogP contribution in [0.2, 0.25) is 0 Å². The van der Waals surface area contributed by atoms with Crippen molar-refractivity contribution in [2.45, 2.75) is 31.1 Å². The molecule has 0 saturated heterocycles. The van der Waals surface area contributed by atoms with Crippen LogP contribution in [0.4, 0.5) is 0 Å². The van der Waals surface area contributed by atoms with Gasteiger partial charge in [0, 0.05) is 17.6 Å². The number of Topliss-reactive ketones (excluding diaryl/α,β-unsaturated/α-hetero) is 1. The number of ether oxygens (including phenoxy) is 2. The number of hydrogen-bond acceptors (Lipinski definition) is 6. The summed E-state index contributed by atoms with van der Waals surface area (Å²) in [6.07, 6.45) is 5.17. The maximum Gasteiger partial charge on any atom is 0.339 e. The number of ketones is 1. The lowest BCUT2D eigenvalue weighted by Crippen LogP contribution is -2.12. The zero-order chi connectivity index (χ0) is 21.5. The van der Waals surface area contributed by atoms with Crippen LogP contribution in [0.1, 0.15) is 29.5 Å². The number of carbonyl (C=O) groups is 1. The quantitative estimate of drug-likeness (QED) is 0.672. The summed E-state index contributed by atoms with van der Waals surface area (Å²) in [6.45, 7) is 1.87. The summed E-state index contributed by atoms with van der Waals surface area (Å²) in [7, 11) is -1.16. The van der Waals surface area contributed by atoms with E-state index in [1.54, 1.807) is 18.2 Å². The number of methoxy groups -OCH3 is 2. The normalized spacial score (nSPS) is 15.5. The first-order chi connectivity index (χ1) is 14.4. The Morgan fingerprint density at radius 3 is 2.33 bits per heavy atom. The molecule has 0 atom stereocenters. The molecular formula is C23H22O6S. The number of carbonyl (C=O) groups excluding carboxylic acids is 1. The molecule has 0 bridgehead atoms. The molecule has 4 rings (SSSR count). The minimum absolute atomic E-state index is 0.0381. The molecule has 0 saturated carbocycles. The lowest BCUT2D eigenvalue weighted by atomic mass is 9.95. The Bertz CT molecular complexity index is 1190. The molecule has 30 heavy (non-hydrogen) atoms. The van der Waals surface area contributed by atoms with Gasteiger partial charge in [0.05, 0.1) is 14.2 Å². The lowest BCUT2D eigenvalue weighted by molar-refractivity contribution is -0.115. The van der Waals surface area contributed by atoms with Gasteiger partial charge in [-0.1, -0.05) is 29.8 Å². The lowest BCUT2D eigenvalue weighted by Gasteiger charge is -2.20. The zero-order valence-electron chi connectivity index (χ0n) is 17.0. The van der Waals surface area contributed by atoms with E-state index in [-0.39, 0.29) is 22.2 Å². The molecule has 0 spiro atoms. The molecule has 0 unspecified atom stereocenters. The molecule has 0 aliphatic heterocycles. The van der Waals surface area contributed by atoms with Crippen molar-refractivity contribution in [3.63, 3.8) is 0 Å². The Hall–Kier alpha value is -3.06.